The molecule has 1 N–H and O–H groups in total. The second-order valence-corrected chi connectivity index (χ2v) is 6.15. The fourth-order valence-corrected chi connectivity index (χ4v) is 3.26. The van der Waals surface area contributed by atoms with Gasteiger partial charge in [-0.15, -0.1) is 0 Å². The van der Waals surface area contributed by atoms with Crippen LogP contribution < -0.4 is 10.2 Å². The molecule has 0 aliphatic carbocycles. The number of benzene rings is 1. The predicted octanol–water partition coefficient (Wildman–Crippen LogP) is 2.11. The zero-order chi connectivity index (χ0) is 16.4. The Labute approximate surface area is 137 Å². The summed E-state index contributed by atoms with van der Waals surface area (Å²) >= 11 is 0. The number of amides is 1. The topological polar surface area (TPSA) is 50.2 Å². The highest BCUT2D eigenvalue weighted by Gasteiger charge is 2.21. The summed E-state index contributed by atoms with van der Waals surface area (Å²) in [6.07, 6.45) is 2.09. The quantitative estimate of drug-likeness (QED) is 0.940. The van der Waals surface area contributed by atoms with Gasteiger partial charge in [-0.25, -0.2) is 0 Å². The highest BCUT2D eigenvalue weighted by atomic mass is 16.2. The van der Waals surface area contributed by atoms with Crippen LogP contribution in [0.4, 0.5) is 5.69 Å². The molecule has 0 spiro atoms. The number of aryl methyl sites for hydroxylation is 3. The van der Waals surface area contributed by atoms with E-state index in [1.807, 2.05) is 41.8 Å². The average Bonchev–Trinajstić information content (AvgIpc) is 2.80. The van der Waals surface area contributed by atoms with Crippen molar-refractivity contribution in [2.24, 2.45) is 7.05 Å². The van der Waals surface area contributed by atoms with E-state index in [0.717, 1.165) is 36.5 Å². The van der Waals surface area contributed by atoms with Crippen molar-refractivity contribution in [2.75, 3.05) is 18.0 Å². The Balaban J connectivity index is 1.62. The van der Waals surface area contributed by atoms with E-state index in [1.54, 1.807) is 0 Å². The summed E-state index contributed by atoms with van der Waals surface area (Å²) in [5, 5.41) is 7.69. The smallest absolute Gasteiger partial charge is 0.240 e. The Bertz CT molecular complexity index is 720. The maximum atomic E-state index is 12.6. The van der Waals surface area contributed by atoms with Gasteiger partial charge in [-0.3, -0.25) is 9.48 Å². The first kappa shape index (κ1) is 15.7. The maximum absolute atomic E-state index is 12.6. The molecule has 3 rings (SSSR count). The molecule has 2 aromatic rings. The summed E-state index contributed by atoms with van der Waals surface area (Å²) in [4.78, 5) is 14.5. The van der Waals surface area contributed by atoms with Crippen molar-refractivity contribution >= 4 is 11.6 Å². The SMILES string of the molecule is Cc1nn(C)c(C)c1CNCC(=O)N1CCCc2ccccc21. The molecule has 0 bridgehead atoms. The molecule has 5 nitrogen and oxygen atoms in total. The van der Waals surface area contributed by atoms with E-state index in [1.165, 1.54) is 11.1 Å². The summed E-state index contributed by atoms with van der Waals surface area (Å²) < 4.78 is 1.88. The fraction of sp³-hybridized carbons (Fsp3) is 0.444. The summed E-state index contributed by atoms with van der Waals surface area (Å²) in [7, 11) is 1.95. The fourth-order valence-electron chi connectivity index (χ4n) is 3.26. The van der Waals surface area contributed by atoms with Crippen molar-refractivity contribution in [2.45, 2.75) is 33.2 Å². The molecule has 122 valence electrons. The van der Waals surface area contributed by atoms with E-state index >= 15 is 0 Å². The number of fused-ring (bicyclic) bond motifs is 1. The van der Waals surface area contributed by atoms with Gasteiger partial charge in [0.05, 0.1) is 12.2 Å². The number of nitrogens with one attached hydrogen (secondary N) is 1. The van der Waals surface area contributed by atoms with Gasteiger partial charge in [-0.05, 0) is 38.3 Å². The van der Waals surface area contributed by atoms with Crippen LogP contribution in [0.5, 0.6) is 0 Å². The van der Waals surface area contributed by atoms with Crippen LogP contribution in [0, 0.1) is 13.8 Å². The number of carbonyl (C=O) groups excluding carboxylic acids is 1. The van der Waals surface area contributed by atoms with Gasteiger partial charge in [0.2, 0.25) is 5.91 Å². The first-order valence-electron chi connectivity index (χ1n) is 8.16. The standard InChI is InChI=1S/C18H24N4O/c1-13-16(14(2)21(3)20-13)11-19-12-18(23)22-10-6-8-15-7-4-5-9-17(15)22/h4-5,7,9,19H,6,8,10-12H2,1-3H3. The number of rotatable bonds is 4. The van der Waals surface area contributed by atoms with Crippen molar-refractivity contribution in [1.82, 2.24) is 15.1 Å². The first-order valence-corrected chi connectivity index (χ1v) is 8.16. The zero-order valence-corrected chi connectivity index (χ0v) is 14.1. The molecule has 5 heteroatoms. The Morgan fingerprint density at radius 1 is 1.30 bits per heavy atom. The van der Waals surface area contributed by atoms with Crippen molar-refractivity contribution in [3.63, 3.8) is 0 Å². The van der Waals surface area contributed by atoms with Gasteiger partial charge < -0.3 is 10.2 Å². The Kier molecular flexibility index (Phi) is 4.48. The van der Waals surface area contributed by atoms with Crippen molar-refractivity contribution in [3.8, 4) is 0 Å². The molecule has 1 amide bonds. The van der Waals surface area contributed by atoms with Crippen LogP contribution in [-0.2, 0) is 24.8 Å². The van der Waals surface area contributed by atoms with Gasteiger partial charge in [0.25, 0.3) is 0 Å². The molecule has 0 saturated heterocycles. The Morgan fingerprint density at radius 3 is 2.83 bits per heavy atom. The van der Waals surface area contributed by atoms with Crippen LogP contribution in [0.15, 0.2) is 24.3 Å². The van der Waals surface area contributed by atoms with Gasteiger partial charge in [0.15, 0.2) is 0 Å². The van der Waals surface area contributed by atoms with Crippen LogP contribution in [0.3, 0.4) is 0 Å². The lowest BCUT2D eigenvalue weighted by Crippen LogP contribution is -2.41. The van der Waals surface area contributed by atoms with Gasteiger partial charge in [0.1, 0.15) is 0 Å². The van der Waals surface area contributed by atoms with Gasteiger partial charge in [-0.2, -0.15) is 5.10 Å². The van der Waals surface area contributed by atoms with Gasteiger partial charge in [-0.1, -0.05) is 18.2 Å². The largest absolute Gasteiger partial charge is 0.311 e. The molecule has 1 aromatic heterocycles. The number of para-hydroxylation sites is 1. The lowest BCUT2D eigenvalue weighted by molar-refractivity contribution is -0.117. The predicted molar refractivity (Wildman–Crippen MR) is 91.5 cm³/mol. The number of anilines is 1. The lowest BCUT2D eigenvalue weighted by atomic mass is 10.0. The number of aromatic nitrogens is 2. The highest BCUT2D eigenvalue weighted by Crippen LogP contribution is 2.26. The number of hydrogen-bond acceptors (Lipinski definition) is 3. The molecule has 2 heterocycles. The minimum absolute atomic E-state index is 0.136. The molecule has 0 saturated carbocycles. The second kappa shape index (κ2) is 6.54. The van der Waals surface area contributed by atoms with Crippen molar-refractivity contribution in [3.05, 3.63) is 46.8 Å². The highest BCUT2D eigenvalue weighted by molar-refractivity contribution is 5.95. The zero-order valence-electron chi connectivity index (χ0n) is 14.1. The summed E-state index contributed by atoms with van der Waals surface area (Å²) in [6, 6.07) is 8.20. The molecule has 0 radical (unpaired) electrons. The van der Waals surface area contributed by atoms with E-state index < -0.39 is 0 Å². The van der Waals surface area contributed by atoms with Crippen molar-refractivity contribution < 1.29 is 4.79 Å². The van der Waals surface area contributed by atoms with E-state index in [-0.39, 0.29) is 5.91 Å². The summed E-state index contributed by atoms with van der Waals surface area (Å²) in [5.74, 6) is 0.136. The number of hydrogen-bond donors (Lipinski definition) is 1. The van der Waals surface area contributed by atoms with E-state index in [4.69, 9.17) is 0 Å². The van der Waals surface area contributed by atoms with Crippen molar-refractivity contribution in [1.29, 1.82) is 0 Å². The molecular weight excluding hydrogens is 288 g/mol. The van der Waals surface area contributed by atoms with Crippen LogP contribution in [-0.4, -0.2) is 28.8 Å². The number of nitrogens with zero attached hydrogens (tertiary/aromatic N) is 3. The monoisotopic (exact) mass is 312 g/mol. The number of carbonyl (C=O) groups is 1. The van der Waals surface area contributed by atoms with Gasteiger partial charge in [0, 0.05) is 37.1 Å². The third kappa shape index (κ3) is 3.15. The molecule has 1 aliphatic rings. The lowest BCUT2D eigenvalue weighted by Gasteiger charge is -2.29. The Hall–Kier alpha value is -2.14. The van der Waals surface area contributed by atoms with E-state index in [2.05, 4.69) is 23.4 Å². The van der Waals surface area contributed by atoms with Crippen LogP contribution >= 0.6 is 0 Å². The molecule has 0 atom stereocenters. The van der Waals surface area contributed by atoms with Crippen LogP contribution in [0.2, 0.25) is 0 Å². The third-order valence-corrected chi connectivity index (χ3v) is 4.65. The summed E-state index contributed by atoms with van der Waals surface area (Å²) in [6.45, 7) is 5.89. The summed E-state index contributed by atoms with van der Waals surface area (Å²) in [5.41, 5.74) is 5.68. The molecule has 23 heavy (non-hydrogen) atoms. The van der Waals surface area contributed by atoms with Gasteiger partial charge >= 0.3 is 0 Å². The normalized spacial score (nSPS) is 14.0. The van der Waals surface area contributed by atoms with E-state index in [9.17, 15) is 4.79 Å². The Morgan fingerprint density at radius 2 is 2.09 bits per heavy atom. The minimum Gasteiger partial charge on any atom is -0.311 e. The maximum Gasteiger partial charge on any atom is 0.240 e. The third-order valence-electron chi connectivity index (χ3n) is 4.65. The molecule has 1 aromatic carbocycles. The molecule has 0 unspecified atom stereocenters. The van der Waals surface area contributed by atoms with Crippen LogP contribution in [0.25, 0.3) is 0 Å². The van der Waals surface area contributed by atoms with E-state index in [0.29, 0.717) is 13.1 Å². The van der Waals surface area contributed by atoms with Crippen LogP contribution in [0.1, 0.15) is 28.9 Å². The molecule has 1 aliphatic heterocycles. The first-order chi connectivity index (χ1) is 11.1. The minimum atomic E-state index is 0.136. The molecule has 0 fully saturated rings. The average molecular weight is 312 g/mol. The second-order valence-electron chi connectivity index (χ2n) is 6.15. The molecular formula is C18H24N4O.